The van der Waals surface area contributed by atoms with E-state index >= 15 is 0 Å². The minimum Gasteiger partial charge on any atom is -0.395 e. The van der Waals surface area contributed by atoms with Crippen molar-refractivity contribution in [3.05, 3.63) is 36.4 Å². The number of fused-ring (bicyclic) bond motifs is 1. The van der Waals surface area contributed by atoms with Crippen molar-refractivity contribution in [3.8, 4) is 11.1 Å². The molecule has 2 heterocycles. The number of benzene rings is 1. The average molecular weight is 484 g/mol. The number of hydrogen-bond donors (Lipinski definition) is 4. The van der Waals surface area contributed by atoms with Crippen molar-refractivity contribution < 1.29 is 19.7 Å². The molecule has 180 valence electrons. The predicted molar refractivity (Wildman–Crippen MR) is 129 cm³/mol. The summed E-state index contributed by atoms with van der Waals surface area (Å²) in [5.41, 5.74) is 2.70. The molecule has 2 atom stereocenters. The van der Waals surface area contributed by atoms with Crippen LogP contribution in [0, 0.1) is 5.92 Å². The second kappa shape index (κ2) is 10.4. The van der Waals surface area contributed by atoms with Crippen LogP contribution in [-0.4, -0.2) is 62.5 Å². The summed E-state index contributed by atoms with van der Waals surface area (Å²) >= 11 is 1.45. The summed E-state index contributed by atoms with van der Waals surface area (Å²) in [6.45, 7) is 0.959. The Morgan fingerprint density at radius 2 is 2.00 bits per heavy atom. The Kier molecular flexibility index (Phi) is 7.12. The quantitative estimate of drug-likeness (QED) is 0.365. The fourth-order valence-corrected chi connectivity index (χ4v) is 5.40. The van der Waals surface area contributed by atoms with Gasteiger partial charge in [0, 0.05) is 36.5 Å². The first-order chi connectivity index (χ1) is 16.6. The topological polar surface area (TPSA) is 129 Å². The van der Waals surface area contributed by atoms with Gasteiger partial charge in [0.15, 0.2) is 11.0 Å². The molecule has 2 aromatic heterocycles. The molecule has 2 aliphatic rings. The fraction of sp³-hybridized carbons (Fsp3) is 0.500. The van der Waals surface area contributed by atoms with E-state index < -0.39 is 0 Å². The van der Waals surface area contributed by atoms with Gasteiger partial charge in [0.2, 0.25) is 5.91 Å². The van der Waals surface area contributed by atoms with Crippen molar-refractivity contribution in [3.63, 3.8) is 0 Å². The lowest BCUT2D eigenvalue weighted by Crippen LogP contribution is -2.46. The highest BCUT2D eigenvalue weighted by Gasteiger charge is 2.34. The van der Waals surface area contributed by atoms with Gasteiger partial charge in [-0.05, 0) is 49.8 Å². The number of hydrogen-bond acceptors (Lipinski definition) is 9. The number of carbonyl (C=O) groups excluding carboxylic acids is 1. The van der Waals surface area contributed by atoms with Crippen LogP contribution in [0.15, 0.2) is 30.6 Å². The number of nitrogens with one attached hydrogen (secondary N) is 2. The lowest BCUT2D eigenvalue weighted by atomic mass is 9.79. The number of anilines is 1. The first-order valence-corrected chi connectivity index (χ1v) is 12.6. The number of rotatable bonds is 9. The van der Waals surface area contributed by atoms with E-state index in [9.17, 15) is 9.90 Å². The first-order valence-electron chi connectivity index (χ1n) is 11.8. The van der Waals surface area contributed by atoms with E-state index in [1.165, 1.54) is 11.3 Å². The van der Waals surface area contributed by atoms with Gasteiger partial charge in [0.1, 0.15) is 6.61 Å². The van der Waals surface area contributed by atoms with Crippen molar-refractivity contribution in [2.75, 3.05) is 18.5 Å². The summed E-state index contributed by atoms with van der Waals surface area (Å²) in [6, 6.07) is 6.24. The number of aliphatic hydroxyl groups excluding tert-OH is 2. The number of nitrogens with zero attached hydrogens (tertiary/aromatic N) is 3. The third kappa shape index (κ3) is 5.26. The van der Waals surface area contributed by atoms with E-state index in [-0.39, 0.29) is 37.2 Å². The number of amides is 1. The normalized spacial score (nSPS) is 24.3. The zero-order chi connectivity index (χ0) is 23.5. The molecule has 3 aromatic rings. The lowest BCUT2D eigenvalue weighted by Gasteiger charge is -2.34. The molecule has 0 spiro atoms. The van der Waals surface area contributed by atoms with Crippen molar-refractivity contribution in [1.29, 1.82) is 0 Å². The van der Waals surface area contributed by atoms with Crippen LogP contribution in [0.25, 0.3) is 21.3 Å². The van der Waals surface area contributed by atoms with Gasteiger partial charge in [0.25, 0.3) is 0 Å². The maximum Gasteiger partial charge on any atom is 0.229 e. The summed E-state index contributed by atoms with van der Waals surface area (Å²) in [5, 5.41) is 25.5. The van der Waals surface area contributed by atoms with E-state index in [0.29, 0.717) is 23.5 Å². The van der Waals surface area contributed by atoms with Gasteiger partial charge in [-0.15, -0.1) is 0 Å². The maximum absolute atomic E-state index is 12.5. The summed E-state index contributed by atoms with van der Waals surface area (Å²) in [7, 11) is 0. The van der Waals surface area contributed by atoms with Crippen LogP contribution in [-0.2, 0) is 16.1 Å². The molecule has 0 radical (unpaired) electrons. The molecular formula is C24H29N5O4S. The van der Waals surface area contributed by atoms with Gasteiger partial charge >= 0.3 is 0 Å². The Bertz CT molecular complexity index is 1130. The number of aromatic nitrogens is 3. The Balaban J connectivity index is 1.18. The Morgan fingerprint density at radius 3 is 2.74 bits per heavy atom. The molecule has 1 amide bonds. The summed E-state index contributed by atoms with van der Waals surface area (Å²) in [4.78, 5) is 25.9. The molecule has 4 N–H and O–H groups in total. The molecule has 34 heavy (non-hydrogen) atoms. The van der Waals surface area contributed by atoms with Crippen LogP contribution in [0.4, 0.5) is 5.13 Å². The summed E-state index contributed by atoms with van der Waals surface area (Å²) in [5.74, 6) is 0.574. The van der Waals surface area contributed by atoms with Gasteiger partial charge in [0.05, 0.1) is 29.0 Å². The Hall–Kier alpha value is -2.50. The number of ether oxygens (including phenoxy) is 1. The highest BCUT2D eigenvalue weighted by atomic mass is 32.1. The largest absolute Gasteiger partial charge is 0.395 e. The average Bonchev–Trinajstić information content (AvgIpc) is 3.41. The smallest absolute Gasteiger partial charge is 0.229 e. The second-order valence-corrected chi connectivity index (χ2v) is 10.0. The fourth-order valence-electron chi connectivity index (χ4n) is 4.49. The van der Waals surface area contributed by atoms with Crippen LogP contribution in [0.2, 0.25) is 0 Å². The third-order valence-corrected chi connectivity index (χ3v) is 7.49. The molecule has 0 saturated heterocycles. The van der Waals surface area contributed by atoms with Crippen molar-refractivity contribution in [2.45, 2.75) is 57.0 Å². The Morgan fingerprint density at radius 1 is 1.18 bits per heavy atom. The van der Waals surface area contributed by atoms with Crippen LogP contribution < -0.4 is 10.6 Å². The van der Waals surface area contributed by atoms with Gasteiger partial charge in [-0.3, -0.25) is 4.79 Å². The monoisotopic (exact) mass is 483 g/mol. The van der Waals surface area contributed by atoms with Crippen molar-refractivity contribution in [1.82, 2.24) is 20.3 Å². The molecule has 2 fully saturated rings. The van der Waals surface area contributed by atoms with Gasteiger partial charge in [-0.25, -0.2) is 15.0 Å². The first kappa shape index (κ1) is 23.3. The molecule has 0 unspecified atom stereocenters. The van der Waals surface area contributed by atoms with E-state index in [1.54, 1.807) is 12.4 Å². The van der Waals surface area contributed by atoms with E-state index in [0.717, 1.165) is 53.4 Å². The highest BCUT2D eigenvalue weighted by Crippen LogP contribution is 2.33. The Labute approximate surface area is 201 Å². The standard InChI is InChI=1S/C24H29N5O4S/c30-7-6-25-17-8-15(9-17)23(32)29-24-28-18-5-4-14(10-21(18)34-24)16-11-26-22(27-12-16)13-33-20-3-1-2-19(20)31/h4-5,10-12,15,17,19-20,25,30-31H,1-3,6-9,13H2,(H,28,29,32)/t15?,17?,19-,20-/m0/s1. The lowest BCUT2D eigenvalue weighted by molar-refractivity contribution is -0.122. The SMILES string of the molecule is O=C(Nc1nc2ccc(-c3cnc(CO[C@H]4CCC[C@@H]4O)nc3)cc2s1)C1CC(NCCO)C1. The molecule has 1 aromatic carbocycles. The summed E-state index contributed by atoms with van der Waals surface area (Å²) < 4.78 is 6.74. The molecule has 9 nitrogen and oxygen atoms in total. The number of thiazole rings is 1. The van der Waals surface area contributed by atoms with Gasteiger partial charge in [-0.1, -0.05) is 17.4 Å². The molecule has 2 aliphatic carbocycles. The second-order valence-electron chi connectivity index (χ2n) is 8.97. The highest BCUT2D eigenvalue weighted by molar-refractivity contribution is 7.22. The zero-order valence-corrected chi connectivity index (χ0v) is 19.6. The van der Waals surface area contributed by atoms with Crippen LogP contribution in [0.3, 0.4) is 0 Å². The van der Waals surface area contributed by atoms with E-state index in [2.05, 4.69) is 25.6 Å². The van der Waals surface area contributed by atoms with E-state index in [4.69, 9.17) is 9.84 Å². The zero-order valence-electron chi connectivity index (χ0n) is 18.8. The van der Waals surface area contributed by atoms with Crippen LogP contribution >= 0.6 is 11.3 Å². The molecule has 5 rings (SSSR count). The third-order valence-electron chi connectivity index (χ3n) is 6.56. The van der Waals surface area contributed by atoms with Gasteiger partial charge < -0.3 is 25.6 Å². The molecule has 2 saturated carbocycles. The van der Waals surface area contributed by atoms with Crippen molar-refractivity contribution >= 4 is 32.6 Å². The summed E-state index contributed by atoms with van der Waals surface area (Å²) in [6.07, 6.45) is 7.26. The van der Waals surface area contributed by atoms with Crippen LogP contribution in [0.5, 0.6) is 0 Å². The molecular weight excluding hydrogens is 454 g/mol. The minimum atomic E-state index is -0.389. The number of aliphatic hydroxyl groups is 2. The minimum absolute atomic E-state index is 0.00217. The maximum atomic E-state index is 12.5. The molecule has 0 bridgehead atoms. The molecule has 10 heteroatoms. The molecule has 0 aliphatic heterocycles. The predicted octanol–water partition coefficient (Wildman–Crippen LogP) is 2.48. The number of carbonyl (C=O) groups is 1. The van der Waals surface area contributed by atoms with Crippen LogP contribution in [0.1, 0.15) is 37.9 Å². The van der Waals surface area contributed by atoms with Crippen molar-refractivity contribution in [2.24, 2.45) is 5.92 Å². The van der Waals surface area contributed by atoms with E-state index in [1.807, 2.05) is 18.2 Å². The van der Waals surface area contributed by atoms with Gasteiger partial charge in [-0.2, -0.15) is 0 Å².